The van der Waals surface area contributed by atoms with Gasteiger partial charge in [0, 0.05) is 28.4 Å². The van der Waals surface area contributed by atoms with Crippen LogP contribution in [0.5, 0.6) is 0 Å². The number of fused-ring (bicyclic) bond motifs is 1. The first-order valence-corrected chi connectivity index (χ1v) is 12.7. The monoisotopic (exact) mass is 482 g/mol. The molecule has 0 unspecified atom stereocenters. The number of anilines is 1. The summed E-state index contributed by atoms with van der Waals surface area (Å²) in [6.07, 6.45) is 15.0. The Hall–Kier alpha value is -3.93. The lowest BCUT2D eigenvalue weighted by atomic mass is 9.90. The molecule has 2 amide bonds. The van der Waals surface area contributed by atoms with Crippen LogP contribution in [0.4, 0.5) is 5.69 Å². The first kappa shape index (κ1) is 25.2. The number of imidazole rings is 1. The topological polar surface area (TPSA) is 86.9 Å². The molecule has 0 bridgehead atoms. The normalized spacial score (nSPS) is 15.4. The standard InChI is InChI=1S/C30H34N4O2/c1-3-10-24(11-4-2)31-30(36)23-16-14-21(15-17-23)28-33-26-19-18-25(20-27(26)34-28)32-29(35)22-12-8-6-5-7-9-13-22/h3-4,10-11,14-20,22H,1,5-9,12-13H2,2H3,(H,31,36)(H,32,35)(H,33,34)/b11-4-,24-10+. The smallest absolute Gasteiger partial charge is 0.255 e. The number of nitrogens with one attached hydrogen (secondary N) is 3. The van der Waals surface area contributed by atoms with E-state index in [2.05, 4.69) is 27.2 Å². The third-order valence-corrected chi connectivity index (χ3v) is 6.55. The van der Waals surface area contributed by atoms with Gasteiger partial charge in [0.25, 0.3) is 5.91 Å². The van der Waals surface area contributed by atoms with Crippen molar-refractivity contribution in [2.45, 2.75) is 51.9 Å². The predicted octanol–water partition coefficient (Wildman–Crippen LogP) is 6.90. The summed E-state index contributed by atoms with van der Waals surface area (Å²) >= 11 is 0. The van der Waals surface area contributed by atoms with E-state index in [0.29, 0.717) is 17.1 Å². The molecular weight excluding hydrogens is 448 g/mol. The van der Waals surface area contributed by atoms with Gasteiger partial charge in [-0.1, -0.05) is 63.0 Å². The summed E-state index contributed by atoms with van der Waals surface area (Å²) in [6, 6.07) is 13.1. The molecular formula is C30H34N4O2. The molecule has 0 aliphatic heterocycles. The molecule has 6 nitrogen and oxygen atoms in total. The molecule has 3 aromatic rings. The molecule has 36 heavy (non-hydrogen) atoms. The van der Waals surface area contributed by atoms with Crippen molar-refractivity contribution in [2.24, 2.45) is 5.92 Å². The van der Waals surface area contributed by atoms with Crippen LogP contribution < -0.4 is 10.6 Å². The minimum Gasteiger partial charge on any atom is -0.338 e. The molecule has 1 aliphatic carbocycles. The van der Waals surface area contributed by atoms with E-state index in [-0.39, 0.29) is 17.7 Å². The van der Waals surface area contributed by atoms with E-state index in [9.17, 15) is 9.59 Å². The molecule has 3 N–H and O–H groups in total. The van der Waals surface area contributed by atoms with Gasteiger partial charge in [0.05, 0.1) is 11.0 Å². The Labute approximate surface area is 212 Å². The number of allylic oxidation sites excluding steroid dienone is 4. The van der Waals surface area contributed by atoms with E-state index >= 15 is 0 Å². The Balaban J connectivity index is 1.45. The third-order valence-electron chi connectivity index (χ3n) is 6.55. The number of rotatable bonds is 7. The fourth-order valence-corrected chi connectivity index (χ4v) is 4.61. The van der Waals surface area contributed by atoms with Gasteiger partial charge in [-0.2, -0.15) is 0 Å². The number of carbonyl (C=O) groups is 2. The van der Waals surface area contributed by atoms with Crippen molar-refractivity contribution >= 4 is 28.5 Å². The maximum absolute atomic E-state index is 12.8. The van der Waals surface area contributed by atoms with Crippen molar-refractivity contribution in [1.82, 2.24) is 15.3 Å². The SMILES string of the molecule is C=C/C=C(\C=C/C)NC(=O)c1ccc(-c2nc3ccc(NC(=O)C4CCCCCCC4)cc3[nH]2)cc1. The van der Waals surface area contributed by atoms with Gasteiger partial charge in [-0.05, 0) is 62.2 Å². The van der Waals surface area contributed by atoms with Crippen LogP contribution in [0.2, 0.25) is 0 Å². The number of hydrogen-bond donors (Lipinski definition) is 3. The highest BCUT2D eigenvalue weighted by Crippen LogP contribution is 2.26. The lowest BCUT2D eigenvalue weighted by molar-refractivity contribution is -0.120. The largest absolute Gasteiger partial charge is 0.338 e. The number of hydrogen-bond acceptors (Lipinski definition) is 3. The number of benzene rings is 2. The molecule has 0 radical (unpaired) electrons. The van der Waals surface area contributed by atoms with Crippen molar-refractivity contribution in [1.29, 1.82) is 0 Å². The number of nitrogens with zero attached hydrogens (tertiary/aromatic N) is 1. The highest BCUT2D eigenvalue weighted by Gasteiger charge is 2.19. The van der Waals surface area contributed by atoms with Crippen LogP contribution >= 0.6 is 0 Å². The van der Waals surface area contributed by atoms with Gasteiger partial charge in [0.15, 0.2) is 0 Å². The zero-order valence-electron chi connectivity index (χ0n) is 20.8. The third kappa shape index (κ3) is 6.39. The molecule has 186 valence electrons. The first-order valence-electron chi connectivity index (χ1n) is 12.7. The number of aromatic nitrogens is 2. The molecule has 0 atom stereocenters. The quantitative estimate of drug-likeness (QED) is 0.320. The van der Waals surface area contributed by atoms with Crippen molar-refractivity contribution < 1.29 is 9.59 Å². The summed E-state index contributed by atoms with van der Waals surface area (Å²) in [5.41, 5.74) is 4.55. The minimum atomic E-state index is -0.193. The van der Waals surface area contributed by atoms with Crippen molar-refractivity contribution in [2.75, 3.05) is 5.32 Å². The highest BCUT2D eigenvalue weighted by atomic mass is 16.2. The Morgan fingerprint density at radius 3 is 2.44 bits per heavy atom. The fraction of sp³-hybridized carbons (Fsp3) is 0.300. The number of H-pyrrole nitrogens is 1. The van der Waals surface area contributed by atoms with E-state index in [1.807, 2.05) is 49.4 Å². The van der Waals surface area contributed by atoms with E-state index in [0.717, 1.165) is 48.0 Å². The van der Waals surface area contributed by atoms with E-state index in [1.165, 1.54) is 19.3 Å². The van der Waals surface area contributed by atoms with Gasteiger partial charge < -0.3 is 15.6 Å². The number of amides is 2. The molecule has 1 aliphatic rings. The number of carbonyl (C=O) groups excluding carboxylic acids is 2. The van der Waals surface area contributed by atoms with Crippen molar-refractivity contribution in [3.8, 4) is 11.4 Å². The highest BCUT2D eigenvalue weighted by molar-refractivity contribution is 5.96. The van der Waals surface area contributed by atoms with Crippen LogP contribution in [-0.2, 0) is 4.79 Å². The Morgan fingerprint density at radius 1 is 1.03 bits per heavy atom. The van der Waals surface area contributed by atoms with Crippen molar-refractivity contribution in [3.05, 3.63) is 84.6 Å². The lowest BCUT2D eigenvalue weighted by Gasteiger charge is -2.19. The van der Waals surface area contributed by atoms with Gasteiger partial charge in [0.1, 0.15) is 5.82 Å². The van der Waals surface area contributed by atoms with E-state index in [4.69, 9.17) is 0 Å². The summed E-state index contributed by atoms with van der Waals surface area (Å²) in [7, 11) is 0. The van der Waals surface area contributed by atoms with Crippen LogP contribution in [0, 0.1) is 5.92 Å². The fourth-order valence-electron chi connectivity index (χ4n) is 4.61. The second-order valence-corrected chi connectivity index (χ2v) is 9.24. The van der Waals surface area contributed by atoms with Gasteiger partial charge in [-0.15, -0.1) is 0 Å². The van der Waals surface area contributed by atoms with Crippen LogP contribution in [0.15, 0.2) is 79.0 Å². The summed E-state index contributed by atoms with van der Waals surface area (Å²) in [6.45, 7) is 5.57. The maximum Gasteiger partial charge on any atom is 0.255 e. The second kappa shape index (κ2) is 12.2. The van der Waals surface area contributed by atoms with E-state index < -0.39 is 0 Å². The zero-order valence-corrected chi connectivity index (χ0v) is 20.8. The maximum atomic E-state index is 12.8. The molecule has 6 heteroatoms. The summed E-state index contributed by atoms with van der Waals surface area (Å²) in [5.74, 6) is 0.726. The Kier molecular flexibility index (Phi) is 8.50. The van der Waals surface area contributed by atoms with Crippen LogP contribution in [0.25, 0.3) is 22.4 Å². The molecule has 1 heterocycles. The molecule has 0 saturated heterocycles. The molecule has 1 fully saturated rings. The van der Waals surface area contributed by atoms with Crippen LogP contribution in [0.1, 0.15) is 62.2 Å². The van der Waals surface area contributed by atoms with Gasteiger partial charge in [0.2, 0.25) is 5.91 Å². The summed E-state index contributed by atoms with van der Waals surface area (Å²) in [4.78, 5) is 33.5. The van der Waals surface area contributed by atoms with Gasteiger partial charge in [-0.3, -0.25) is 9.59 Å². The van der Waals surface area contributed by atoms with Gasteiger partial charge >= 0.3 is 0 Å². The molecule has 2 aromatic carbocycles. The molecule has 4 rings (SSSR count). The second-order valence-electron chi connectivity index (χ2n) is 9.24. The molecule has 0 spiro atoms. The van der Waals surface area contributed by atoms with E-state index in [1.54, 1.807) is 24.3 Å². The number of aromatic amines is 1. The molecule has 1 aromatic heterocycles. The lowest BCUT2D eigenvalue weighted by Crippen LogP contribution is -2.23. The predicted molar refractivity (Wildman–Crippen MR) is 147 cm³/mol. The Morgan fingerprint density at radius 2 is 1.75 bits per heavy atom. The van der Waals surface area contributed by atoms with Crippen molar-refractivity contribution in [3.63, 3.8) is 0 Å². The summed E-state index contributed by atoms with van der Waals surface area (Å²) in [5, 5.41) is 5.98. The minimum absolute atomic E-state index is 0.0929. The first-order chi connectivity index (χ1) is 17.6. The molecule has 1 saturated carbocycles. The summed E-state index contributed by atoms with van der Waals surface area (Å²) < 4.78 is 0. The average Bonchev–Trinajstić information content (AvgIpc) is 3.27. The average molecular weight is 483 g/mol. The zero-order chi connectivity index (χ0) is 25.3. The van der Waals surface area contributed by atoms with Crippen LogP contribution in [-0.4, -0.2) is 21.8 Å². The van der Waals surface area contributed by atoms with Crippen LogP contribution in [0.3, 0.4) is 0 Å². The van der Waals surface area contributed by atoms with Gasteiger partial charge in [-0.25, -0.2) is 4.98 Å². The Bertz CT molecular complexity index is 1280.